The maximum absolute atomic E-state index is 16.4. The fourth-order valence-electron chi connectivity index (χ4n) is 16.0. The Hall–Kier alpha value is -4.68. The minimum absolute atomic E-state index is 0.00897. The Labute approximate surface area is 578 Å². The highest BCUT2D eigenvalue weighted by Gasteiger charge is 2.51. The molecule has 7 aromatic rings. The molecule has 10 rings (SSSR count). The van der Waals surface area contributed by atoms with Gasteiger partial charge in [-0.25, -0.2) is 4.98 Å². The van der Waals surface area contributed by atoms with Crippen LogP contribution >= 0.6 is 45.3 Å². The Balaban J connectivity index is 1.10. The van der Waals surface area contributed by atoms with E-state index in [1.165, 1.54) is 119 Å². The van der Waals surface area contributed by atoms with E-state index in [2.05, 4.69) is 196 Å². The molecular formula is C82H116N5O2S4+. The Morgan fingerprint density at radius 1 is 0.538 bits per heavy atom. The molecule has 7 nitrogen and oxygen atoms in total. The molecule has 8 heterocycles. The van der Waals surface area contributed by atoms with E-state index < -0.39 is 0 Å². The molecule has 5 aromatic heterocycles. The van der Waals surface area contributed by atoms with Crippen molar-refractivity contribution in [3.63, 3.8) is 0 Å². The largest absolute Gasteiger partial charge is 0.337 e. The molecule has 0 bridgehead atoms. The molecule has 0 saturated heterocycles. The van der Waals surface area contributed by atoms with Gasteiger partial charge in [-0.3, -0.25) is 9.59 Å². The van der Waals surface area contributed by atoms with Gasteiger partial charge in [0.15, 0.2) is 12.7 Å². The number of thiazole rings is 2. The van der Waals surface area contributed by atoms with Gasteiger partial charge in [0.2, 0.25) is 5.01 Å². The van der Waals surface area contributed by atoms with Crippen molar-refractivity contribution >= 4 is 90.4 Å². The molecular weight excluding hydrogens is 1220 g/mol. The number of benzene rings is 2. The molecule has 0 radical (unpaired) electrons. The summed E-state index contributed by atoms with van der Waals surface area (Å²) in [6, 6.07) is 23.8. The Kier molecular flexibility index (Phi) is 24.2. The third kappa shape index (κ3) is 15.5. The smallest absolute Gasteiger partial charge is 0.261 e. The second-order valence-electron chi connectivity index (χ2n) is 30.4. The van der Waals surface area contributed by atoms with E-state index in [4.69, 9.17) is 4.98 Å². The van der Waals surface area contributed by atoms with Gasteiger partial charge in [0.25, 0.3) is 11.8 Å². The van der Waals surface area contributed by atoms with Crippen LogP contribution in [-0.2, 0) is 27.0 Å². The summed E-state index contributed by atoms with van der Waals surface area (Å²) in [6.07, 6.45) is 31.4. The van der Waals surface area contributed by atoms with Crippen LogP contribution in [0.15, 0.2) is 84.2 Å². The zero-order chi connectivity index (χ0) is 66.3. The van der Waals surface area contributed by atoms with E-state index >= 15 is 9.59 Å². The number of carbonyl (C=O) groups is 2. The van der Waals surface area contributed by atoms with Crippen molar-refractivity contribution in [1.82, 2.24) is 19.4 Å². The van der Waals surface area contributed by atoms with Crippen LogP contribution in [0.2, 0.25) is 0 Å². The molecule has 0 spiro atoms. The quantitative estimate of drug-likeness (QED) is 0.0288. The van der Waals surface area contributed by atoms with E-state index in [1.807, 2.05) is 11.3 Å². The second-order valence-corrected chi connectivity index (χ2v) is 34.7. The van der Waals surface area contributed by atoms with Crippen LogP contribution in [0.1, 0.15) is 278 Å². The minimum Gasteiger partial charge on any atom is -0.337 e. The fourth-order valence-corrected chi connectivity index (χ4v) is 20.4. The molecule has 0 N–H and O–H groups in total. The van der Waals surface area contributed by atoms with Gasteiger partial charge < -0.3 is 14.4 Å². The summed E-state index contributed by atoms with van der Waals surface area (Å²) >= 11 is 7.17. The molecule has 504 valence electrons. The molecule has 0 fully saturated rings. The van der Waals surface area contributed by atoms with Gasteiger partial charge in [-0.2, -0.15) is 4.57 Å². The second kappa shape index (κ2) is 31.7. The zero-order valence-corrected chi connectivity index (χ0v) is 63.3. The normalized spacial score (nSPS) is 17.3. The van der Waals surface area contributed by atoms with Crippen LogP contribution in [0.25, 0.3) is 63.3 Å². The van der Waals surface area contributed by atoms with Gasteiger partial charge in [-0.15, -0.1) is 34.0 Å². The lowest BCUT2D eigenvalue weighted by Gasteiger charge is -2.32. The average molecular weight is 1330 g/mol. The molecule has 93 heavy (non-hydrogen) atoms. The standard InChI is InChI=1S/C82H116N5O2S4/c1-16-24-28-31-34-57(46-59(23-8)55(10)21-6)51-86-76(70-44-42-68(91-70)72-52-84-53-82(14,15)80(84)93-72)74-73(78(86)88)75(85(79(74)89)50-56(33-30-26-18-3)45-58(22-7)54(9)20-5)69-43-41-67(90-69)71-49-83-77(92-71)60-37-39-63-64-40-38-61(81(11,12)13)48-66(64)87(65(63)47-60)62(35-27-19-4)36-32-29-25-17-2/h37-44,47-49,52,54-59,62H,16-36,45-46,50-51,53H2,1-15H3/q+1. The number of nitrogens with zero attached hydrogens (tertiary/aromatic N) is 5. The summed E-state index contributed by atoms with van der Waals surface area (Å²) in [4.78, 5) is 49.1. The van der Waals surface area contributed by atoms with Crippen molar-refractivity contribution < 1.29 is 14.2 Å². The SMILES string of the molecule is CCCCCCC(CC(CC)C(C)CC)CN1C(=O)C2=C(c3ccc(-c4cnc(-c5ccc6c7ccc(C(C)(C)C)cc7n(C(CCCC)CCCCCC)c6c5)s4)s3)N(CC(CCCCC)CC(CC)C(C)CC)C(=O)C2=C1c1ccc(-c2c[n+]3c(s2)C(C)(C)C3)s1. The van der Waals surface area contributed by atoms with Gasteiger partial charge in [0, 0.05) is 52.1 Å². The number of rotatable bonds is 37. The van der Waals surface area contributed by atoms with Crippen molar-refractivity contribution in [3.05, 3.63) is 105 Å². The van der Waals surface area contributed by atoms with Gasteiger partial charge in [-0.1, -0.05) is 235 Å². The zero-order valence-electron chi connectivity index (χ0n) is 60.0. The average Bonchev–Trinajstić information content (AvgIpc) is 1.56. The molecule has 2 aromatic carbocycles. The number of hydrogen-bond donors (Lipinski definition) is 0. The van der Waals surface area contributed by atoms with Crippen LogP contribution in [0.3, 0.4) is 0 Å². The summed E-state index contributed by atoms with van der Waals surface area (Å²) in [5, 5.41) is 5.08. The molecule has 3 aliphatic rings. The summed E-state index contributed by atoms with van der Waals surface area (Å²) in [5.41, 5.74) is 8.34. The van der Waals surface area contributed by atoms with Crippen LogP contribution < -0.4 is 4.57 Å². The number of amides is 2. The number of carbonyl (C=O) groups excluding carboxylic acids is 2. The van der Waals surface area contributed by atoms with E-state index in [1.54, 1.807) is 34.0 Å². The Morgan fingerprint density at radius 2 is 1.03 bits per heavy atom. The lowest BCUT2D eigenvalue weighted by molar-refractivity contribution is -0.752. The first-order valence-corrected chi connectivity index (χ1v) is 40.5. The number of fused-ring (bicyclic) bond motifs is 5. The van der Waals surface area contributed by atoms with Gasteiger partial charge in [-0.05, 0) is 135 Å². The molecule has 11 heteroatoms. The number of hydrogen-bond acceptors (Lipinski definition) is 7. The van der Waals surface area contributed by atoms with Crippen LogP contribution in [0.5, 0.6) is 0 Å². The maximum Gasteiger partial charge on any atom is 0.261 e. The first-order chi connectivity index (χ1) is 44.8. The summed E-state index contributed by atoms with van der Waals surface area (Å²) in [6.45, 7) is 37.5. The molecule has 0 saturated carbocycles. The van der Waals surface area contributed by atoms with Gasteiger partial charge in [0.05, 0.1) is 47.6 Å². The van der Waals surface area contributed by atoms with Crippen LogP contribution in [-0.4, -0.2) is 44.3 Å². The summed E-state index contributed by atoms with van der Waals surface area (Å²) in [7, 11) is 0. The maximum atomic E-state index is 16.4. The van der Waals surface area contributed by atoms with Crippen molar-refractivity contribution in [1.29, 1.82) is 0 Å². The van der Waals surface area contributed by atoms with Crippen LogP contribution in [0, 0.1) is 35.5 Å². The lowest BCUT2D eigenvalue weighted by Crippen LogP contribution is -2.58. The van der Waals surface area contributed by atoms with Crippen molar-refractivity contribution in [3.8, 4) is 30.1 Å². The third-order valence-corrected chi connectivity index (χ3v) is 27.2. The molecule has 7 unspecified atom stereocenters. The molecule has 7 atom stereocenters. The third-order valence-electron chi connectivity index (χ3n) is 22.1. The predicted octanol–water partition coefficient (Wildman–Crippen LogP) is 24.5. The topological polar surface area (TPSA) is 62.3 Å². The molecule has 3 aliphatic heterocycles. The van der Waals surface area contributed by atoms with E-state index in [-0.39, 0.29) is 22.6 Å². The number of aromatic nitrogens is 3. The van der Waals surface area contributed by atoms with E-state index in [9.17, 15) is 0 Å². The predicted molar refractivity (Wildman–Crippen MR) is 404 cm³/mol. The summed E-state index contributed by atoms with van der Waals surface area (Å²) in [5.74, 6) is 2.98. The number of thiophene rings is 2. The van der Waals surface area contributed by atoms with Crippen molar-refractivity contribution in [2.45, 2.75) is 275 Å². The highest BCUT2D eigenvalue weighted by molar-refractivity contribution is 7.24. The molecule has 2 amide bonds. The highest BCUT2D eigenvalue weighted by Crippen LogP contribution is 2.53. The van der Waals surface area contributed by atoms with Crippen molar-refractivity contribution in [2.24, 2.45) is 35.5 Å². The van der Waals surface area contributed by atoms with E-state index in [0.29, 0.717) is 65.8 Å². The monoisotopic (exact) mass is 1330 g/mol. The Morgan fingerprint density at radius 3 is 1.55 bits per heavy atom. The minimum atomic E-state index is 0.00897. The first-order valence-electron chi connectivity index (χ1n) is 37.2. The first kappa shape index (κ1) is 71.1. The molecule has 0 aliphatic carbocycles. The number of unbranched alkanes of at least 4 members (excludes halogenated alkanes) is 9. The van der Waals surface area contributed by atoms with Crippen molar-refractivity contribution in [2.75, 3.05) is 13.1 Å². The summed E-state index contributed by atoms with van der Waals surface area (Å²) < 4.78 is 5.15. The van der Waals surface area contributed by atoms with Crippen LogP contribution in [0.4, 0.5) is 0 Å². The van der Waals surface area contributed by atoms with Gasteiger partial charge in [0.1, 0.15) is 15.3 Å². The highest BCUT2D eigenvalue weighted by atomic mass is 32.1. The Bertz CT molecular complexity index is 3720. The fraction of sp³-hybridized carbons (Fsp3) is 0.610. The van der Waals surface area contributed by atoms with Gasteiger partial charge >= 0.3 is 0 Å². The van der Waals surface area contributed by atoms with E-state index in [0.717, 1.165) is 119 Å². The lowest BCUT2D eigenvalue weighted by atomic mass is 9.80.